The quantitative estimate of drug-likeness (QED) is 0.637. The highest BCUT2D eigenvalue weighted by molar-refractivity contribution is 5.43. The van der Waals surface area contributed by atoms with Crippen molar-refractivity contribution in [2.45, 2.75) is 65.7 Å². The van der Waals surface area contributed by atoms with Crippen molar-refractivity contribution in [2.24, 2.45) is 5.73 Å². The van der Waals surface area contributed by atoms with Gasteiger partial charge in [-0.15, -0.1) is 0 Å². The minimum Gasteiger partial charge on any atom is -0.493 e. The summed E-state index contributed by atoms with van der Waals surface area (Å²) in [5.41, 5.74) is 9.40. The maximum Gasteiger partial charge on any atom is 0.125 e. The van der Waals surface area contributed by atoms with E-state index < -0.39 is 0 Å². The summed E-state index contributed by atoms with van der Waals surface area (Å²) in [5, 5.41) is 0. The van der Waals surface area contributed by atoms with Crippen LogP contribution in [0.25, 0.3) is 0 Å². The third-order valence-electron chi connectivity index (χ3n) is 3.70. The van der Waals surface area contributed by atoms with Gasteiger partial charge in [-0.2, -0.15) is 0 Å². The molecule has 0 unspecified atom stereocenters. The van der Waals surface area contributed by atoms with E-state index in [4.69, 9.17) is 10.5 Å². The van der Waals surface area contributed by atoms with Gasteiger partial charge in [-0.05, 0) is 49.9 Å². The van der Waals surface area contributed by atoms with E-state index >= 15 is 0 Å². The van der Waals surface area contributed by atoms with Crippen LogP contribution in [0.3, 0.4) is 0 Å². The molecule has 0 bridgehead atoms. The molecule has 0 saturated heterocycles. The molecule has 114 valence electrons. The zero-order valence-electron chi connectivity index (χ0n) is 13.5. The lowest BCUT2D eigenvalue weighted by Crippen LogP contribution is -2.05. The summed E-state index contributed by atoms with van der Waals surface area (Å²) in [5.74, 6) is 1.07. The van der Waals surface area contributed by atoms with Gasteiger partial charge < -0.3 is 10.5 Å². The summed E-state index contributed by atoms with van der Waals surface area (Å²) in [6.07, 6.45) is 8.76. The fourth-order valence-electron chi connectivity index (χ4n) is 2.64. The monoisotopic (exact) mass is 277 g/mol. The Hall–Kier alpha value is -1.02. The molecule has 0 fully saturated rings. The molecule has 0 amide bonds. The number of aryl methyl sites for hydroxylation is 2. The number of ether oxygens (including phenoxy) is 1. The molecule has 1 aromatic carbocycles. The first-order chi connectivity index (χ1) is 9.69. The van der Waals surface area contributed by atoms with Crippen molar-refractivity contribution in [1.29, 1.82) is 0 Å². The second kappa shape index (κ2) is 9.82. The number of nitrogens with two attached hydrogens (primary N) is 1. The topological polar surface area (TPSA) is 35.2 Å². The van der Waals surface area contributed by atoms with Crippen LogP contribution < -0.4 is 10.5 Å². The lowest BCUT2D eigenvalue weighted by Gasteiger charge is -2.14. The van der Waals surface area contributed by atoms with Gasteiger partial charge in [0.05, 0.1) is 6.61 Å². The number of unbranched alkanes of at least 4 members (excludes halogenated alkanes) is 5. The second-order valence-corrected chi connectivity index (χ2v) is 5.71. The Morgan fingerprint density at radius 2 is 1.55 bits per heavy atom. The number of benzene rings is 1. The van der Waals surface area contributed by atoms with E-state index in [1.165, 1.54) is 48.8 Å². The van der Waals surface area contributed by atoms with Crippen LogP contribution in [-0.4, -0.2) is 13.2 Å². The fraction of sp³-hybridized carbons (Fsp3) is 0.667. The molecule has 1 aromatic rings. The zero-order chi connectivity index (χ0) is 14.8. The summed E-state index contributed by atoms with van der Waals surface area (Å²) in [6.45, 7) is 8.05. The molecule has 2 heteroatoms. The van der Waals surface area contributed by atoms with Crippen LogP contribution in [0.15, 0.2) is 12.1 Å². The predicted molar refractivity (Wildman–Crippen MR) is 87.5 cm³/mol. The summed E-state index contributed by atoms with van der Waals surface area (Å²) in [6, 6.07) is 4.41. The van der Waals surface area contributed by atoms with Gasteiger partial charge in [0.15, 0.2) is 0 Å². The molecule has 0 atom stereocenters. The third kappa shape index (κ3) is 5.96. The molecule has 20 heavy (non-hydrogen) atoms. The lowest BCUT2D eigenvalue weighted by molar-refractivity contribution is 0.300. The Kier molecular flexibility index (Phi) is 8.36. The fourth-order valence-corrected chi connectivity index (χ4v) is 2.64. The number of rotatable bonds is 10. The highest BCUT2D eigenvalue weighted by atomic mass is 16.5. The maximum absolute atomic E-state index is 5.98. The molecule has 0 aliphatic rings. The van der Waals surface area contributed by atoms with E-state index in [1.807, 2.05) is 0 Å². The smallest absolute Gasteiger partial charge is 0.125 e. The molecule has 0 aliphatic carbocycles. The van der Waals surface area contributed by atoms with Gasteiger partial charge in [-0.3, -0.25) is 0 Å². The van der Waals surface area contributed by atoms with Gasteiger partial charge in [0, 0.05) is 0 Å². The first kappa shape index (κ1) is 17.0. The predicted octanol–water partition coefficient (Wildman–Crippen LogP) is 4.54. The van der Waals surface area contributed by atoms with Crippen molar-refractivity contribution < 1.29 is 4.74 Å². The minimum atomic E-state index is 0.705. The van der Waals surface area contributed by atoms with E-state index in [1.54, 1.807) is 0 Å². The molecule has 2 nitrogen and oxygen atoms in total. The van der Waals surface area contributed by atoms with E-state index in [-0.39, 0.29) is 0 Å². The SMILES string of the molecule is CCCCCCCCOc1c(C)cc(CCN)cc1C. The Labute approximate surface area is 124 Å². The second-order valence-electron chi connectivity index (χ2n) is 5.71. The summed E-state index contributed by atoms with van der Waals surface area (Å²) < 4.78 is 5.98. The van der Waals surface area contributed by atoms with Gasteiger partial charge in [0.25, 0.3) is 0 Å². The molecule has 0 saturated carbocycles. The molecule has 0 heterocycles. The Morgan fingerprint density at radius 3 is 2.15 bits per heavy atom. The number of hydrogen-bond donors (Lipinski definition) is 1. The van der Waals surface area contributed by atoms with Crippen LogP contribution in [0.1, 0.15) is 62.1 Å². The first-order valence-corrected chi connectivity index (χ1v) is 8.12. The first-order valence-electron chi connectivity index (χ1n) is 8.12. The highest BCUT2D eigenvalue weighted by Crippen LogP contribution is 2.25. The average Bonchev–Trinajstić information content (AvgIpc) is 2.40. The lowest BCUT2D eigenvalue weighted by atomic mass is 10.0. The van der Waals surface area contributed by atoms with Gasteiger partial charge >= 0.3 is 0 Å². The molecular formula is C18H31NO. The van der Waals surface area contributed by atoms with E-state index in [0.29, 0.717) is 6.54 Å². The average molecular weight is 277 g/mol. The largest absolute Gasteiger partial charge is 0.493 e. The maximum atomic E-state index is 5.98. The van der Waals surface area contributed by atoms with Crippen LogP contribution in [-0.2, 0) is 6.42 Å². The van der Waals surface area contributed by atoms with Crippen LogP contribution in [0.4, 0.5) is 0 Å². The molecule has 0 radical (unpaired) electrons. The Bertz CT molecular complexity index is 364. The summed E-state index contributed by atoms with van der Waals surface area (Å²) in [4.78, 5) is 0. The standard InChI is InChI=1S/C18H31NO/c1-4-5-6-7-8-9-12-20-18-15(2)13-17(10-11-19)14-16(18)3/h13-14H,4-12,19H2,1-3H3. The van der Waals surface area contributed by atoms with Gasteiger partial charge in [-0.25, -0.2) is 0 Å². The van der Waals surface area contributed by atoms with E-state index in [2.05, 4.69) is 32.9 Å². The minimum absolute atomic E-state index is 0.705. The normalized spacial score (nSPS) is 10.8. The molecular weight excluding hydrogens is 246 g/mol. The number of hydrogen-bond acceptors (Lipinski definition) is 2. The van der Waals surface area contributed by atoms with Crippen molar-refractivity contribution in [3.63, 3.8) is 0 Å². The molecule has 0 aromatic heterocycles. The van der Waals surface area contributed by atoms with Crippen LogP contribution in [0.5, 0.6) is 5.75 Å². The van der Waals surface area contributed by atoms with Crippen molar-refractivity contribution in [1.82, 2.24) is 0 Å². The highest BCUT2D eigenvalue weighted by Gasteiger charge is 2.06. The summed E-state index contributed by atoms with van der Waals surface area (Å²) in [7, 11) is 0. The zero-order valence-corrected chi connectivity index (χ0v) is 13.5. The van der Waals surface area contributed by atoms with Crippen molar-refractivity contribution >= 4 is 0 Å². The van der Waals surface area contributed by atoms with Crippen molar-refractivity contribution in [3.05, 3.63) is 28.8 Å². The van der Waals surface area contributed by atoms with E-state index in [9.17, 15) is 0 Å². The molecule has 0 aliphatic heterocycles. The van der Waals surface area contributed by atoms with Crippen LogP contribution in [0.2, 0.25) is 0 Å². The summed E-state index contributed by atoms with van der Waals surface area (Å²) >= 11 is 0. The van der Waals surface area contributed by atoms with Gasteiger partial charge in [-0.1, -0.05) is 51.2 Å². The van der Waals surface area contributed by atoms with Crippen LogP contribution >= 0.6 is 0 Å². The van der Waals surface area contributed by atoms with Crippen molar-refractivity contribution in [2.75, 3.05) is 13.2 Å². The van der Waals surface area contributed by atoms with Crippen molar-refractivity contribution in [3.8, 4) is 5.75 Å². The molecule has 2 N–H and O–H groups in total. The van der Waals surface area contributed by atoms with Gasteiger partial charge in [0.1, 0.15) is 5.75 Å². The third-order valence-corrected chi connectivity index (χ3v) is 3.70. The van der Waals surface area contributed by atoms with E-state index in [0.717, 1.165) is 25.2 Å². The van der Waals surface area contributed by atoms with Crippen LogP contribution in [0, 0.1) is 13.8 Å². The Morgan fingerprint density at radius 1 is 0.950 bits per heavy atom. The Balaban J connectivity index is 2.36. The molecule has 0 spiro atoms. The molecule has 1 rings (SSSR count). The van der Waals surface area contributed by atoms with Gasteiger partial charge in [0.2, 0.25) is 0 Å².